The Kier molecular flexibility index (Phi) is 4.48. The van der Waals surface area contributed by atoms with Crippen LogP contribution in [-0.4, -0.2) is 25.8 Å². The number of fused-ring (bicyclic) bond motifs is 5. The summed E-state index contributed by atoms with van der Waals surface area (Å²) in [5.41, 5.74) is 4.78. The van der Waals surface area contributed by atoms with Gasteiger partial charge < -0.3 is 9.47 Å². The van der Waals surface area contributed by atoms with Gasteiger partial charge in [0, 0.05) is 11.4 Å². The monoisotopic (exact) mass is 418 g/mol. The summed E-state index contributed by atoms with van der Waals surface area (Å²) in [7, 11) is 3.12. The van der Waals surface area contributed by atoms with E-state index in [9.17, 15) is 4.79 Å². The van der Waals surface area contributed by atoms with E-state index >= 15 is 0 Å². The van der Waals surface area contributed by atoms with Crippen LogP contribution in [-0.2, 0) is 0 Å². The first-order valence-corrected chi connectivity index (χ1v) is 10.0. The van der Waals surface area contributed by atoms with E-state index in [1.807, 2.05) is 48.5 Å². The topological polar surface area (TPSA) is 51.1 Å². The second-order valence-electron chi connectivity index (χ2n) is 7.22. The van der Waals surface area contributed by atoms with E-state index in [1.54, 1.807) is 31.3 Å². The number of nitrogens with zero attached hydrogens (tertiary/aromatic N) is 2. The minimum absolute atomic E-state index is 0.126. The van der Waals surface area contributed by atoms with Crippen LogP contribution in [0.2, 0.25) is 5.02 Å². The smallest absolute Gasteiger partial charge is 0.263 e. The molecular weight excluding hydrogens is 400 g/mol. The molecule has 150 valence electrons. The van der Waals surface area contributed by atoms with Gasteiger partial charge in [0.15, 0.2) is 11.5 Å². The van der Waals surface area contributed by atoms with Crippen molar-refractivity contribution in [3.05, 3.63) is 82.4 Å². The average molecular weight is 419 g/mol. The third-order valence-electron chi connectivity index (χ3n) is 5.63. The van der Waals surface area contributed by atoms with Gasteiger partial charge in [-0.1, -0.05) is 48.0 Å². The van der Waals surface area contributed by atoms with Gasteiger partial charge in [-0.3, -0.25) is 14.7 Å². The van der Waals surface area contributed by atoms with E-state index in [2.05, 4.69) is 0 Å². The van der Waals surface area contributed by atoms with Crippen molar-refractivity contribution < 1.29 is 14.3 Å². The van der Waals surface area contributed by atoms with Crippen molar-refractivity contribution in [3.8, 4) is 11.5 Å². The zero-order valence-corrected chi connectivity index (χ0v) is 17.3. The third-order valence-corrected chi connectivity index (χ3v) is 5.86. The van der Waals surface area contributed by atoms with E-state index in [0.717, 1.165) is 22.5 Å². The Morgan fingerprint density at radius 2 is 1.83 bits per heavy atom. The molecule has 0 spiro atoms. The highest BCUT2D eigenvalue weighted by molar-refractivity contribution is 6.31. The van der Waals surface area contributed by atoms with Gasteiger partial charge in [0.05, 0.1) is 42.9 Å². The minimum Gasteiger partial charge on any atom is -0.493 e. The van der Waals surface area contributed by atoms with Gasteiger partial charge in [0.25, 0.3) is 5.91 Å². The van der Waals surface area contributed by atoms with Gasteiger partial charge in [-0.15, -0.1) is 0 Å². The highest BCUT2D eigenvalue weighted by Crippen LogP contribution is 2.50. The summed E-state index contributed by atoms with van der Waals surface area (Å²) in [5.74, 6) is 0.871. The molecule has 0 bridgehead atoms. The maximum absolute atomic E-state index is 13.6. The molecule has 6 heteroatoms. The van der Waals surface area contributed by atoms with Gasteiger partial charge in [-0.05, 0) is 35.4 Å². The quantitative estimate of drug-likeness (QED) is 0.557. The van der Waals surface area contributed by atoms with Gasteiger partial charge in [-0.2, -0.15) is 0 Å². The molecule has 2 aliphatic heterocycles. The number of methoxy groups -OCH3 is 2. The molecule has 5 nitrogen and oxygen atoms in total. The lowest BCUT2D eigenvalue weighted by atomic mass is 9.96. The van der Waals surface area contributed by atoms with E-state index in [1.165, 1.54) is 0 Å². The number of ether oxygens (including phenoxy) is 2. The Balaban J connectivity index is 1.75. The zero-order chi connectivity index (χ0) is 20.8. The molecule has 2 heterocycles. The lowest BCUT2D eigenvalue weighted by Crippen LogP contribution is -2.28. The van der Waals surface area contributed by atoms with Crippen LogP contribution in [0.3, 0.4) is 0 Å². The van der Waals surface area contributed by atoms with Crippen LogP contribution in [0.5, 0.6) is 11.5 Å². The molecule has 3 aromatic rings. The fraction of sp³-hybridized carbons (Fsp3) is 0.167. The number of carbonyl (C=O) groups excluding carboxylic acids is 1. The predicted octanol–water partition coefficient (Wildman–Crippen LogP) is 5.58. The molecule has 0 fully saturated rings. The van der Waals surface area contributed by atoms with Crippen molar-refractivity contribution in [2.24, 2.45) is 4.99 Å². The normalized spacial score (nSPS) is 16.9. The number of amides is 1. The molecule has 30 heavy (non-hydrogen) atoms. The molecule has 0 N–H and O–H groups in total. The van der Waals surface area contributed by atoms with Crippen molar-refractivity contribution in [1.29, 1.82) is 0 Å². The molecule has 5 rings (SSSR count). The molecule has 1 atom stereocenters. The number of halogens is 1. The van der Waals surface area contributed by atoms with Crippen LogP contribution in [0.15, 0.2) is 65.7 Å². The summed E-state index contributed by atoms with van der Waals surface area (Å²) in [4.78, 5) is 20.4. The molecule has 0 aromatic heterocycles. The summed E-state index contributed by atoms with van der Waals surface area (Å²) in [6, 6.07) is 19.1. The Hall–Kier alpha value is -3.31. The maximum atomic E-state index is 13.6. The maximum Gasteiger partial charge on any atom is 0.263 e. The number of hydrogen-bond donors (Lipinski definition) is 0. The molecule has 3 aromatic carbocycles. The lowest BCUT2D eigenvalue weighted by molar-refractivity contribution is 0.0989. The standard InChI is InChI=1S/C24H19ClN2O3/c1-29-21-11-9-16-20-13-17(14-6-4-3-5-7-14)26-18-12-15(25)8-10-19(18)27(20)24(28)22(16)23(21)30-2/h3-12,20H,13H2,1-2H3. The molecule has 0 radical (unpaired) electrons. The average Bonchev–Trinajstić information content (AvgIpc) is 2.94. The van der Waals surface area contributed by atoms with Gasteiger partial charge in [0.2, 0.25) is 0 Å². The van der Waals surface area contributed by atoms with Crippen molar-refractivity contribution in [2.45, 2.75) is 12.5 Å². The van der Waals surface area contributed by atoms with Gasteiger partial charge >= 0.3 is 0 Å². The lowest BCUT2D eigenvalue weighted by Gasteiger charge is -2.24. The summed E-state index contributed by atoms with van der Waals surface area (Å²) < 4.78 is 11.0. The number of rotatable bonds is 3. The predicted molar refractivity (Wildman–Crippen MR) is 118 cm³/mol. The van der Waals surface area contributed by atoms with Crippen molar-refractivity contribution in [3.63, 3.8) is 0 Å². The first-order valence-electron chi connectivity index (χ1n) is 9.63. The fourth-order valence-corrected chi connectivity index (χ4v) is 4.46. The number of anilines is 1. The Bertz CT molecular complexity index is 1190. The zero-order valence-electron chi connectivity index (χ0n) is 16.6. The third kappa shape index (κ3) is 2.77. The first-order chi connectivity index (χ1) is 14.6. The molecule has 2 aliphatic rings. The second kappa shape index (κ2) is 7.18. The minimum atomic E-state index is -0.200. The number of hydrogen-bond acceptors (Lipinski definition) is 4. The number of aliphatic imine (C=N–C) groups is 1. The molecule has 0 aliphatic carbocycles. The van der Waals surface area contributed by atoms with E-state index in [4.69, 9.17) is 26.1 Å². The molecule has 1 amide bonds. The summed E-state index contributed by atoms with van der Waals surface area (Å²) in [6.45, 7) is 0. The highest BCUT2D eigenvalue weighted by atomic mass is 35.5. The summed E-state index contributed by atoms with van der Waals surface area (Å²) in [6.07, 6.45) is 0.574. The van der Waals surface area contributed by atoms with Crippen LogP contribution in [0.4, 0.5) is 11.4 Å². The van der Waals surface area contributed by atoms with E-state index in [-0.39, 0.29) is 11.9 Å². The van der Waals surface area contributed by atoms with Crippen LogP contribution in [0, 0.1) is 0 Å². The Labute approximate surface area is 179 Å². The molecule has 0 saturated carbocycles. The number of carbonyl (C=O) groups is 1. The Morgan fingerprint density at radius 1 is 1.03 bits per heavy atom. The van der Waals surface area contributed by atoms with Crippen LogP contribution >= 0.6 is 11.6 Å². The van der Waals surface area contributed by atoms with Crippen LogP contribution in [0.25, 0.3) is 0 Å². The van der Waals surface area contributed by atoms with E-state index in [0.29, 0.717) is 34.2 Å². The molecular formula is C24H19ClN2O3. The van der Waals surface area contributed by atoms with Crippen LogP contribution < -0.4 is 14.4 Å². The van der Waals surface area contributed by atoms with Crippen molar-refractivity contribution in [2.75, 3.05) is 19.1 Å². The van der Waals surface area contributed by atoms with Crippen molar-refractivity contribution >= 4 is 34.6 Å². The highest BCUT2D eigenvalue weighted by Gasteiger charge is 2.43. The SMILES string of the molecule is COc1ccc2c(c1OC)C(=O)N1c3ccc(Cl)cc3N=C(c3ccccc3)CC21. The number of benzene rings is 3. The van der Waals surface area contributed by atoms with Crippen LogP contribution in [0.1, 0.15) is 33.9 Å². The van der Waals surface area contributed by atoms with Gasteiger partial charge in [-0.25, -0.2) is 0 Å². The van der Waals surface area contributed by atoms with Crippen molar-refractivity contribution in [1.82, 2.24) is 0 Å². The first kappa shape index (κ1) is 18.7. The van der Waals surface area contributed by atoms with E-state index < -0.39 is 0 Å². The second-order valence-corrected chi connectivity index (χ2v) is 7.65. The summed E-state index contributed by atoms with van der Waals surface area (Å²) >= 11 is 6.27. The molecule has 0 saturated heterocycles. The Morgan fingerprint density at radius 3 is 2.57 bits per heavy atom. The summed E-state index contributed by atoms with van der Waals surface area (Å²) in [5, 5.41) is 0.576. The molecule has 1 unspecified atom stereocenters. The largest absolute Gasteiger partial charge is 0.493 e. The van der Waals surface area contributed by atoms with Gasteiger partial charge in [0.1, 0.15) is 0 Å². The fourth-order valence-electron chi connectivity index (χ4n) is 4.30.